The Labute approximate surface area is 64.1 Å². The largest absolute Gasteiger partial charge is 0.469 e. The molecule has 0 fully saturated rings. The molecule has 1 heterocycles. The second-order valence-corrected chi connectivity index (χ2v) is 2.77. The van der Waals surface area contributed by atoms with E-state index >= 15 is 0 Å². The van der Waals surface area contributed by atoms with Crippen LogP contribution < -0.4 is 0 Å². The zero-order valence-electron chi connectivity index (χ0n) is 6.37. The van der Waals surface area contributed by atoms with Crippen LogP contribution >= 0.6 is 0 Å². The Hall–Kier alpha value is -0.870. The summed E-state index contributed by atoms with van der Waals surface area (Å²) in [6.07, 6.45) is -0.316. The van der Waals surface area contributed by atoms with E-state index in [-0.39, 0.29) is 0 Å². The van der Waals surface area contributed by atoms with Gasteiger partial charge < -0.3 is 14.9 Å². The lowest BCUT2D eigenvalue weighted by molar-refractivity contribution is -0.191. The maximum absolute atomic E-state index is 11.1. The van der Waals surface area contributed by atoms with Crippen LogP contribution in [0.5, 0.6) is 0 Å². The summed E-state index contributed by atoms with van der Waals surface area (Å²) < 4.78 is 4.60. The molecule has 0 saturated heterocycles. The molecule has 1 aliphatic heterocycles. The number of aliphatic hydroxyl groups excluding tert-OH is 1. The van der Waals surface area contributed by atoms with Crippen LogP contribution in [0.15, 0.2) is 11.8 Å². The van der Waals surface area contributed by atoms with E-state index in [1.165, 1.54) is 13.8 Å². The Balaban J connectivity index is 2.99. The van der Waals surface area contributed by atoms with E-state index in [1.54, 1.807) is 0 Å². The molecule has 11 heavy (non-hydrogen) atoms. The normalized spacial score (nSPS) is 38.0. The third-order valence-corrected chi connectivity index (χ3v) is 1.67. The summed E-state index contributed by atoms with van der Waals surface area (Å²) in [4.78, 5) is 11.1. The van der Waals surface area contributed by atoms with Crippen molar-refractivity contribution in [1.82, 2.24) is 0 Å². The number of hydrogen-bond acceptors (Lipinski definition) is 4. The van der Waals surface area contributed by atoms with Crippen molar-refractivity contribution in [2.24, 2.45) is 0 Å². The van der Waals surface area contributed by atoms with Crippen LogP contribution in [-0.2, 0) is 9.53 Å². The van der Waals surface area contributed by atoms with Crippen LogP contribution in [0.1, 0.15) is 13.8 Å². The molecule has 0 amide bonds. The van der Waals surface area contributed by atoms with Gasteiger partial charge in [-0.3, -0.25) is 4.79 Å². The third-order valence-electron chi connectivity index (χ3n) is 1.67. The third kappa shape index (κ3) is 1.15. The van der Waals surface area contributed by atoms with E-state index in [0.29, 0.717) is 5.57 Å². The van der Waals surface area contributed by atoms with Gasteiger partial charge in [-0.1, -0.05) is 0 Å². The molecule has 0 aliphatic carbocycles. The number of carbonyl (C=O) groups excluding carboxylic acids is 1. The minimum Gasteiger partial charge on any atom is -0.469 e. The second-order valence-electron chi connectivity index (χ2n) is 2.77. The Morgan fingerprint density at radius 2 is 2.27 bits per heavy atom. The SMILES string of the molecule is CC1=COC(O)C(C)(O)C1=O. The van der Waals surface area contributed by atoms with Crippen molar-refractivity contribution in [2.75, 3.05) is 0 Å². The van der Waals surface area contributed by atoms with Gasteiger partial charge in [0.1, 0.15) is 0 Å². The first-order valence-electron chi connectivity index (χ1n) is 3.23. The van der Waals surface area contributed by atoms with E-state index in [1.807, 2.05) is 0 Å². The van der Waals surface area contributed by atoms with Crippen molar-refractivity contribution in [3.63, 3.8) is 0 Å². The summed E-state index contributed by atoms with van der Waals surface area (Å²) in [6, 6.07) is 0. The van der Waals surface area contributed by atoms with Crippen LogP contribution in [-0.4, -0.2) is 27.9 Å². The standard InChI is InChI=1S/C7H10O4/c1-4-3-11-6(9)7(2,10)5(4)8/h3,6,9-10H,1-2H3. The summed E-state index contributed by atoms with van der Waals surface area (Å²) in [5, 5.41) is 18.3. The number of aliphatic hydroxyl groups is 2. The highest BCUT2D eigenvalue weighted by Crippen LogP contribution is 2.22. The number of ether oxygens (including phenoxy) is 1. The Bertz CT molecular complexity index is 216. The van der Waals surface area contributed by atoms with Crippen molar-refractivity contribution in [1.29, 1.82) is 0 Å². The van der Waals surface area contributed by atoms with E-state index in [2.05, 4.69) is 4.74 Å². The molecule has 1 rings (SSSR count). The Kier molecular flexibility index (Phi) is 1.74. The van der Waals surface area contributed by atoms with Crippen LogP contribution in [0.3, 0.4) is 0 Å². The van der Waals surface area contributed by atoms with Gasteiger partial charge in [-0.2, -0.15) is 0 Å². The predicted molar refractivity (Wildman–Crippen MR) is 36.5 cm³/mol. The number of rotatable bonds is 0. The van der Waals surface area contributed by atoms with Crippen LogP contribution in [0.25, 0.3) is 0 Å². The molecular weight excluding hydrogens is 148 g/mol. The summed E-state index contributed by atoms with van der Waals surface area (Å²) in [5.41, 5.74) is -1.50. The summed E-state index contributed by atoms with van der Waals surface area (Å²) >= 11 is 0. The van der Waals surface area contributed by atoms with Crippen molar-refractivity contribution in [3.8, 4) is 0 Å². The van der Waals surface area contributed by atoms with Crippen LogP contribution in [0, 0.1) is 0 Å². The van der Waals surface area contributed by atoms with Crippen molar-refractivity contribution in [3.05, 3.63) is 11.8 Å². The molecule has 0 spiro atoms. The molecule has 0 bridgehead atoms. The van der Waals surface area contributed by atoms with Crippen LogP contribution in [0.4, 0.5) is 0 Å². The zero-order chi connectivity index (χ0) is 8.65. The molecule has 4 nitrogen and oxygen atoms in total. The number of ketones is 1. The first-order valence-corrected chi connectivity index (χ1v) is 3.23. The maximum Gasteiger partial charge on any atom is 0.232 e. The van der Waals surface area contributed by atoms with Gasteiger partial charge >= 0.3 is 0 Å². The molecule has 2 atom stereocenters. The minimum absolute atomic E-state index is 0.306. The van der Waals surface area contributed by atoms with Crippen molar-refractivity contribution < 1.29 is 19.7 Å². The second kappa shape index (κ2) is 2.32. The van der Waals surface area contributed by atoms with Gasteiger partial charge in [0, 0.05) is 5.57 Å². The highest BCUT2D eigenvalue weighted by Gasteiger charge is 2.43. The fraction of sp³-hybridized carbons (Fsp3) is 0.571. The fourth-order valence-electron chi connectivity index (χ4n) is 0.864. The predicted octanol–water partition coefficient (Wildman–Crippen LogP) is -0.441. The molecule has 0 radical (unpaired) electrons. The molecule has 0 saturated carbocycles. The first kappa shape index (κ1) is 8.23. The molecule has 0 aromatic carbocycles. The van der Waals surface area contributed by atoms with Gasteiger partial charge in [-0.05, 0) is 13.8 Å². The number of Topliss-reactive ketones (excluding diaryl/α,β-unsaturated/α-hetero) is 1. The van der Waals surface area contributed by atoms with Crippen molar-refractivity contribution >= 4 is 5.78 Å². The van der Waals surface area contributed by atoms with Gasteiger partial charge in [0.2, 0.25) is 6.29 Å². The fourth-order valence-corrected chi connectivity index (χ4v) is 0.864. The van der Waals surface area contributed by atoms with Gasteiger partial charge in [0.15, 0.2) is 11.4 Å². The Morgan fingerprint density at radius 1 is 1.73 bits per heavy atom. The van der Waals surface area contributed by atoms with Gasteiger partial charge in [0.05, 0.1) is 6.26 Å². The average Bonchev–Trinajstić information content (AvgIpc) is 1.95. The molecule has 4 heteroatoms. The lowest BCUT2D eigenvalue weighted by Gasteiger charge is -2.30. The summed E-state index contributed by atoms with van der Waals surface area (Å²) in [7, 11) is 0. The van der Waals surface area contributed by atoms with Gasteiger partial charge in [0.25, 0.3) is 0 Å². The van der Waals surface area contributed by atoms with E-state index < -0.39 is 17.7 Å². The van der Waals surface area contributed by atoms with E-state index in [9.17, 15) is 9.90 Å². The average molecular weight is 158 g/mol. The molecule has 1 aliphatic rings. The molecule has 0 aromatic heterocycles. The quantitative estimate of drug-likeness (QED) is 0.501. The topological polar surface area (TPSA) is 66.8 Å². The number of carbonyl (C=O) groups is 1. The smallest absolute Gasteiger partial charge is 0.232 e. The highest BCUT2D eigenvalue weighted by molar-refractivity contribution is 6.01. The van der Waals surface area contributed by atoms with Gasteiger partial charge in [-0.25, -0.2) is 0 Å². The van der Waals surface area contributed by atoms with E-state index in [4.69, 9.17) is 5.11 Å². The molecule has 0 aromatic rings. The Morgan fingerprint density at radius 3 is 2.73 bits per heavy atom. The molecule has 62 valence electrons. The lowest BCUT2D eigenvalue weighted by atomic mass is 9.94. The van der Waals surface area contributed by atoms with Crippen LogP contribution in [0.2, 0.25) is 0 Å². The minimum atomic E-state index is -1.81. The maximum atomic E-state index is 11.1. The highest BCUT2D eigenvalue weighted by atomic mass is 16.6. The monoisotopic (exact) mass is 158 g/mol. The van der Waals surface area contributed by atoms with Crippen molar-refractivity contribution in [2.45, 2.75) is 25.7 Å². The zero-order valence-corrected chi connectivity index (χ0v) is 6.37. The number of hydrogen-bond donors (Lipinski definition) is 2. The molecule has 2 N–H and O–H groups in total. The first-order chi connectivity index (χ1) is 4.96. The summed E-state index contributed by atoms with van der Waals surface area (Å²) in [5.74, 6) is -0.503. The molecule has 2 unspecified atom stereocenters. The van der Waals surface area contributed by atoms with E-state index in [0.717, 1.165) is 6.26 Å². The lowest BCUT2D eigenvalue weighted by Crippen LogP contribution is -2.50. The van der Waals surface area contributed by atoms with Gasteiger partial charge in [-0.15, -0.1) is 0 Å². The summed E-state index contributed by atoms with van der Waals surface area (Å²) in [6.45, 7) is 2.74. The molecular formula is C7H10O4.